The maximum absolute atomic E-state index is 12.7. The summed E-state index contributed by atoms with van der Waals surface area (Å²) in [4.78, 5) is 15.9. The molecule has 1 aliphatic carbocycles. The fraction of sp³-hybridized carbons (Fsp3) is 0.667. The number of morpholine rings is 1. The van der Waals surface area contributed by atoms with Gasteiger partial charge < -0.3 is 15.4 Å². The molecule has 0 saturated carbocycles. The Morgan fingerprint density at radius 1 is 1.45 bits per heavy atom. The second kappa shape index (κ2) is 5.74. The van der Waals surface area contributed by atoms with Crippen LogP contribution >= 0.6 is 11.3 Å². The summed E-state index contributed by atoms with van der Waals surface area (Å²) < 4.78 is 5.32. The van der Waals surface area contributed by atoms with Crippen molar-refractivity contribution in [3.63, 3.8) is 0 Å². The Bertz CT molecular complexity index is 506. The van der Waals surface area contributed by atoms with Crippen LogP contribution in [-0.4, -0.2) is 37.1 Å². The second-order valence-corrected chi connectivity index (χ2v) is 6.80. The van der Waals surface area contributed by atoms with Crippen LogP contribution in [0, 0.1) is 5.92 Å². The third-order valence-electron chi connectivity index (χ3n) is 4.48. The van der Waals surface area contributed by atoms with Gasteiger partial charge in [-0.1, -0.05) is 13.3 Å². The Hall–Kier alpha value is -1.07. The number of thiophene rings is 1. The molecule has 20 heavy (non-hydrogen) atoms. The lowest BCUT2D eigenvalue weighted by Crippen LogP contribution is -2.41. The van der Waals surface area contributed by atoms with Crippen molar-refractivity contribution in [1.29, 1.82) is 0 Å². The van der Waals surface area contributed by atoms with Crippen molar-refractivity contribution in [2.45, 2.75) is 32.6 Å². The number of ether oxygens (including phenoxy) is 1. The Morgan fingerprint density at radius 2 is 2.20 bits per heavy atom. The molecule has 2 aliphatic rings. The molecule has 3 rings (SSSR count). The Morgan fingerprint density at radius 3 is 2.90 bits per heavy atom. The van der Waals surface area contributed by atoms with Gasteiger partial charge >= 0.3 is 0 Å². The SMILES string of the molecule is CC[C@H]1CCc2c(sc(N)c2C(=O)N2CCOCC2)C1. The second-order valence-electron chi connectivity index (χ2n) is 5.66. The Labute approximate surface area is 123 Å². The molecule has 0 aromatic carbocycles. The molecule has 1 amide bonds. The number of nitrogens with two attached hydrogens (primary N) is 1. The largest absolute Gasteiger partial charge is 0.390 e. The van der Waals surface area contributed by atoms with Crippen molar-refractivity contribution in [2.24, 2.45) is 5.92 Å². The number of fused-ring (bicyclic) bond motifs is 1. The molecule has 0 bridgehead atoms. The Kier molecular flexibility index (Phi) is 3.98. The van der Waals surface area contributed by atoms with Crippen LogP contribution in [0.25, 0.3) is 0 Å². The van der Waals surface area contributed by atoms with Crippen LogP contribution in [0.1, 0.15) is 40.6 Å². The molecular formula is C15H22N2O2S. The maximum Gasteiger partial charge on any atom is 0.257 e. The zero-order valence-electron chi connectivity index (χ0n) is 12.0. The lowest BCUT2D eigenvalue weighted by atomic mass is 9.85. The van der Waals surface area contributed by atoms with Crippen molar-refractivity contribution >= 4 is 22.2 Å². The summed E-state index contributed by atoms with van der Waals surface area (Å²) in [5, 5.41) is 0.711. The summed E-state index contributed by atoms with van der Waals surface area (Å²) in [5.41, 5.74) is 8.18. The first kappa shape index (κ1) is 13.9. The van der Waals surface area contributed by atoms with Gasteiger partial charge in [0.05, 0.1) is 23.8 Å². The van der Waals surface area contributed by atoms with Gasteiger partial charge in [0.2, 0.25) is 0 Å². The zero-order valence-corrected chi connectivity index (χ0v) is 12.8. The van der Waals surface area contributed by atoms with E-state index in [9.17, 15) is 4.79 Å². The molecular weight excluding hydrogens is 272 g/mol. The normalized spacial score (nSPS) is 22.6. The van der Waals surface area contributed by atoms with Gasteiger partial charge in [0.15, 0.2) is 0 Å². The van der Waals surface area contributed by atoms with Crippen LogP contribution in [0.3, 0.4) is 0 Å². The van der Waals surface area contributed by atoms with Gasteiger partial charge in [-0.3, -0.25) is 4.79 Å². The lowest BCUT2D eigenvalue weighted by molar-refractivity contribution is 0.0303. The predicted molar refractivity (Wildman–Crippen MR) is 81.3 cm³/mol. The van der Waals surface area contributed by atoms with E-state index in [1.54, 1.807) is 11.3 Å². The van der Waals surface area contributed by atoms with Gasteiger partial charge in [0, 0.05) is 18.0 Å². The molecule has 1 aliphatic heterocycles. The molecule has 0 spiro atoms. The highest BCUT2D eigenvalue weighted by molar-refractivity contribution is 7.16. The number of hydrogen-bond donors (Lipinski definition) is 1. The fourth-order valence-corrected chi connectivity index (χ4v) is 4.41. The minimum atomic E-state index is 0.109. The monoisotopic (exact) mass is 294 g/mol. The van der Waals surface area contributed by atoms with E-state index >= 15 is 0 Å². The molecule has 1 aromatic rings. The number of hydrogen-bond acceptors (Lipinski definition) is 4. The fourth-order valence-electron chi connectivity index (χ4n) is 3.18. The van der Waals surface area contributed by atoms with Crippen molar-refractivity contribution in [1.82, 2.24) is 4.90 Å². The number of rotatable bonds is 2. The maximum atomic E-state index is 12.7. The van der Waals surface area contributed by atoms with E-state index in [-0.39, 0.29) is 5.91 Å². The van der Waals surface area contributed by atoms with E-state index in [1.165, 1.54) is 23.3 Å². The summed E-state index contributed by atoms with van der Waals surface area (Å²) in [6.45, 7) is 4.87. The van der Waals surface area contributed by atoms with Gasteiger partial charge in [-0.05, 0) is 30.7 Å². The summed E-state index contributed by atoms with van der Waals surface area (Å²) in [6, 6.07) is 0. The number of carbonyl (C=O) groups excluding carboxylic acids is 1. The van der Waals surface area contributed by atoms with E-state index in [0.717, 1.165) is 24.3 Å². The van der Waals surface area contributed by atoms with E-state index in [1.807, 2.05) is 4.90 Å². The topological polar surface area (TPSA) is 55.6 Å². The smallest absolute Gasteiger partial charge is 0.257 e. The molecule has 1 saturated heterocycles. The molecule has 2 N–H and O–H groups in total. The predicted octanol–water partition coefficient (Wildman–Crippen LogP) is 2.32. The van der Waals surface area contributed by atoms with Gasteiger partial charge in [0.25, 0.3) is 5.91 Å². The minimum absolute atomic E-state index is 0.109. The summed E-state index contributed by atoms with van der Waals surface area (Å²) in [6.07, 6.45) is 4.50. The average Bonchev–Trinajstić information content (AvgIpc) is 2.82. The van der Waals surface area contributed by atoms with Crippen LogP contribution in [0.15, 0.2) is 0 Å². The quantitative estimate of drug-likeness (QED) is 0.910. The van der Waals surface area contributed by atoms with Crippen molar-refractivity contribution < 1.29 is 9.53 Å². The molecule has 1 atom stereocenters. The number of carbonyl (C=O) groups is 1. The minimum Gasteiger partial charge on any atom is -0.390 e. The van der Waals surface area contributed by atoms with Crippen molar-refractivity contribution in [2.75, 3.05) is 32.0 Å². The number of amides is 1. The van der Waals surface area contributed by atoms with Crippen molar-refractivity contribution in [3.8, 4) is 0 Å². The number of nitrogen functional groups attached to an aromatic ring is 1. The molecule has 0 unspecified atom stereocenters. The average molecular weight is 294 g/mol. The first-order valence-electron chi connectivity index (χ1n) is 7.47. The molecule has 4 nitrogen and oxygen atoms in total. The standard InChI is InChI=1S/C15H22N2O2S/c1-2-10-3-4-11-12(9-10)20-14(16)13(11)15(18)17-5-7-19-8-6-17/h10H,2-9,16H2,1H3/t10-/m0/s1. The molecule has 1 fully saturated rings. The number of anilines is 1. The van der Waals surface area contributed by atoms with Gasteiger partial charge in [-0.25, -0.2) is 0 Å². The first-order chi connectivity index (χ1) is 9.70. The van der Waals surface area contributed by atoms with Crippen LogP contribution in [0.2, 0.25) is 0 Å². The highest BCUT2D eigenvalue weighted by Gasteiger charge is 2.30. The van der Waals surface area contributed by atoms with Gasteiger partial charge in [-0.2, -0.15) is 0 Å². The number of nitrogens with zero attached hydrogens (tertiary/aromatic N) is 1. The third-order valence-corrected chi connectivity index (χ3v) is 5.57. The molecule has 110 valence electrons. The van der Waals surface area contributed by atoms with E-state index < -0.39 is 0 Å². The first-order valence-corrected chi connectivity index (χ1v) is 8.29. The molecule has 2 heterocycles. The lowest BCUT2D eigenvalue weighted by Gasteiger charge is -2.28. The summed E-state index contributed by atoms with van der Waals surface area (Å²) >= 11 is 1.63. The third kappa shape index (κ3) is 2.44. The molecule has 1 aromatic heterocycles. The van der Waals surface area contributed by atoms with Crippen LogP contribution in [-0.2, 0) is 17.6 Å². The van der Waals surface area contributed by atoms with Gasteiger partial charge in [0.1, 0.15) is 0 Å². The highest BCUT2D eigenvalue weighted by atomic mass is 32.1. The van der Waals surface area contributed by atoms with Gasteiger partial charge in [-0.15, -0.1) is 11.3 Å². The summed E-state index contributed by atoms with van der Waals surface area (Å²) in [5.74, 6) is 0.866. The molecule has 0 radical (unpaired) electrons. The zero-order chi connectivity index (χ0) is 14.1. The summed E-state index contributed by atoms with van der Waals surface area (Å²) in [7, 11) is 0. The van der Waals surface area contributed by atoms with E-state index in [2.05, 4.69) is 6.92 Å². The van der Waals surface area contributed by atoms with Crippen LogP contribution in [0.4, 0.5) is 5.00 Å². The Balaban J connectivity index is 1.86. The highest BCUT2D eigenvalue weighted by Crippen LogP contribution is 2.39. The van der Waals surface area contributed by atoms with Crippen molar-refractivity contribution in [3.05, 3.63) is 16.0 Å². The van der Waals surface area contributed by atoms with E-state index in [0.29, 0.717) is 31.3 Å². The van der Waals surface area contributed by atoms with Crippen LogP contribution in [0.5, 0.6) is 0 Å². The van der Waals surface area contributed by atoms with Crippen LogP contribution < -0.4 is 5.73 Å². The van der Waals surface area contributed by atoms with E-state index in [4.69, 9.17) is 10.5 Å². The molecule has 5 heteroatoms.